The van der Waals surface area contributed by atoms with Crippen LogP contribution in [0.25, 0.3) is 11.4 Å². The van der Waals surface area contributed by atoms with Crippen LogP contribution in [-0.4, -0.2) is 32.3 Å². The molecule has 0 aliphatic carbocycles. The topological polar surface area (TPSA) is 85.1 Å². The Morgan fingerprint density at radius 2 is 1.73 bits per heavy atom. The maximum Gasteiger partial charge on any atom is 0.271 e. The van der Waals surface area contributed by atoms with E-state index in [0.717, 1.165) is 22.3 Å². The van der Waals surface area contributed by atoms with Gasteiger partial charge in [0.25, 0.3) is 5.91 Å². The third kappa shape index (κ3) is 4.64. The van der Waals surface area contributed by atoms with Crippen LogP contribution in [0.2, 0.25) is 0 Å². The van der Waals surface area contributed by atoms with E-state index < -0.39 is 0 Å². The molecule has 0 aliphatic rings. The van der Waals surface area contributed by atoms with Crippen LogP contribution in [0.1, 0.15) is 27.0 Å². The number of carbonyl (C=O) groups is 1. The molecule has 0 radical (unpaired) electrons. The van der Waals surface area contributed by atoms with E-state index in [0.29, 0.717) is 17.9 Å². The molecule has 0 saturated heterocycles. The minimum absolute atomic E-state index is 0.267. The zero-order valence-electron chi connectivity index (χ0n) is 16.4. The molecule has 0 atom stereocenters. The van der Waals surface area contributed by atoms with Gasteiger partial charge in [-0.05, 0) is 41.0 Å². The van der Waals surface area contributed by atoms with Gasteiger partial charge in [-0.1, -0.05) is 66.7 Å². The van der Waals surface area contributed by atoms with Crippen LogP contribution in [0.15, 0.2) is 84.0 Å². The van der Waals surface area contributed by atoms with Crippen LogP contribution in [0.4, 0.5) is 0 Å². The second-order valence-corrected chi connectivity index (χ2v) is 6.76. The summed E-state index contributed by atoms with van der Waals surface area (Å²) in [5, 5.41) is 16.6. The Labute approximate surface area is 174 Å². The Balaban J connectivity index is 1.36. The first kappa shape index (κ1) is 19.2. The lowest BCUT2D eigenvalue weighted by Crippen LogP contribution is -2.17. The Bertz CT molecular complexity index is 1170. The third-order valence-corrected chi connectivity index (χ3v) is 4.58. The first-order valence-corrected chi connectivity index (χ1v) is 9.50. The summed E-state index contributed by atoms with van der Waals surface area (Å²) in [4.78, 5) is 13.8. The van der Waals surface area contributed by atoms with Crippen LogP contribution in [-0.2, 0) is 6.54 Å². The van der Waals surface area contributed by atoms with Gasteiger partial charge in [-0.2, -0.15) is 9.90 Å². The molecule has 3 aromatic carbocycles. The minimum Gasteiger partial charge on any atom is -0.267 e. The van der Waals surface area contributed by atoms with Crippen LogP contribution in [0, 0.1) is 6.92 Å². The summed E-state index contributed by atoms with van der Waals surface area (Å²) in [7, 11) is 0. The van der Waals surface area contributed by atoms with Crippen LogP contribution >= 0.6 is 0 Å². The number of nitrogens with zero attached hydrogens (tertiary/aromatic N) is 5. The van der Waals surface area contributed by atoms with Gasteiger partial charge in [0.15, 0.2) is 0 Å². The largest absolute Gasteiger partial charge is 0.271 e. The molecule has 7 heteroatoms. The number of aromatic nitrogens is 4. The highest BCUT2D eigenvalue weighted by atomic mass is 16.2. The predicted octanol–water partition coefficient (Wildman–Crippen LogP) is 3.46. The Morgan fingerprint density at radius 1 is 1.00 bits per heavy atom. The van der Waals surface area contributed by atoms with Crippen molar-refractivity contribution in [3.8, 4) is 11.4 Å². The molecule has 0 fully saturated rings. The number of hydrogen-bond donors (Lipinski definition) is 1. The Morgan fingerprint density at radius 3 is 2.50 bits per heavy atom. The van der Waals surface area contributed by atoms with Crippen molar-refractivity contribution in [1.82, 2.24) is 25.6 Å². The maximum absolute atomic E-state index is 12.3. The zero-order chi connectivity index (χ0) is 20.8. The first-order chi connectivity index (χ1) is 14.7. The number of hydrazone groups is 1. The van der Waals surface area contributed by atoms with Gasteiger partial charge in [-0.3, -0.25) is 4.79 Å². The maximum atomic E-state index is 12.3. The second-order valence-electron chi connectivity index (χ2n) is 6.76. The fourth-order valence-corrected chi connectivity index (χ4v) is 2.89. The molecular weight excluding hydrogens is 376 g/mol. The normalized spacial score (nSPS) is 11.0. The third-order valence-electron chi connectivity index (χ3n) is 4.58. The number of carbonyl (C=O) groups excluding carboxylic acids is 1. The highest BCUT2D eigenvalue weighted by molar-refractivity contribution is 5.95. The molecule has 4 aromatic rings. The average Bonchev–Trinajstić information content (AvgIpc) is 3.25. The monoisotopic (exact) mass is 396 g/mol. The van der Waals surface area contributed by atoms with Crippen molar-refractivity contribution in [1.29, 1.82) is 0 Å². The van der Waals surface area contributed by atoms with Gasteiger partial charge in [-0.15, -0.1) is 10.2 Å². The lowest BCUT2D eigenvalue weighted by molar-refractivity contribution is 0.0955. The van der Waals surface area contributed by atoms with Crippen molar-refractivity contribution >= 4 is 12.1 Å². The Kier molecular flexibility index (Phi) is 5.70. The molecule has 0 spiro atoms. The number of tetrazole rings is 1. The van der Waals surface area contributed by atoms with Gasteiger partial charge in [0.1, 0.15) is 0 Å². The molecule has 1 aromatic heterocycles. The summed E-state index contributed by atoms with van der Waals surface area (Å²) in [6, 6.07) is 24.8. The van der Waals surface area contributed by atoms with E-state index in [1.807, 2.05) is 73.7 Å². The van der Waals surface area contributed by atoms with E-state index in [2.05, 4.69) is 25.9 Å². The van der Waals surface area contributed by atoms with Gasteiger partial charge in [-0.25, -0.2) is 5.43 Å². The predicted molar refractivity (Wildman–Crippen MR) is 115 cm³/mol. The summed E-state index contributed by atoms with van der Waals surface area (Å²) < 4.78 is 0. The fraction of sp³-hybridized carbons (Fsp3) is 0.0870. The molecule has 1 heterocycles. The smallest absolute Gasteiger partial charge is 0.267 e. The molecule has 0 bridgehead atoms. The molecular formula is C23H20N6O. The van der Waals surface area contributed by atoms with E-state index in [1.54, 1.807) is 18.3 Å². The number of nitrogens with one attached hydrogen (secondary N) is 1. The molecule has 0 saturated carbocycles. The number of hydrogen-bond acceptors (Lipinski definition) is 5. The van der Waals surface area contributed by atoms with Gasteiger partial charge in [0.2, 0.25) is 5.82 Å². The van der Waals surface area contributed by atoms with Crippen LogP contribution in [0.3, 0.4) is 0 Å². The van der Waals surface area contributed by atoms with Crippen molar-refractivity contribution in [2.75, 3.05) is 0 Å². The average molecular weight is 396 g/mol. The van der Waals surface area contributed by atoms with Gasteiger partial charge in [0, 0.05) is 11.1 Å². The van der Waals surface area contributed by atoms with E-state index in [4.69, 9.17) is 0 Å². The van der Waals surface area contributed by atoms with Gasteiger partial charge < -0.3 is 0 Å². The first-order valence-electron chi connectivity index (χ1n) is 9.50. The number of amides is 1. The molecule has 1 N–H and O–H groups in total. The molecule has 1 amide bonds. The quantitative estimate of drug-likeness (QED) is 0.400. The summed E-state index contributed by atoms with van der Waals surface area (Å²) >= 11 is 0. The lowest BCUT2D eigenvalue weighted by atomic mass is 10.1. The molecule has 4 rings (SSSR count). The Hall–Kier alpha value is -4.13. The fourth-order valence-electron chi connectivity index (χ4n) is 2.89. The molecule has 7 nitrogen and oxygen atoms in total. The van der Waals surface area contributed by atoms with Crippen LogP contribution in [0.5, 0.6) is 0 Å². The molecule has 30 heavy (non-hydrogen) atoms. The SMILES string of the molecule is Cc1ccccc1/C=N\NC(=O)c1ccc(Cn2nnc(-c3ccccc3)n2)cc1. The van der Waals surface area contributed by atoms with Crippen molar-refractivity contribution in [3.63, 3.8) is 0 Å². The van der Waals surface area contributed by atoms with E-state index in [9.17, 15) is 4.79 Å². The summed E-state index contributed by atoms with van der Waals surface area (Å²) in [5.74, 6) is 0.315. The number of benzene rings is 3. The minimum atomic E-state index is -0.267. The van der Waals surface area contributed by atoms with E-state index in [1.165, 1.54) is 4.80 Å². The standard InChI is InChI=1S/C23H20N6O/c1-17-7-5-6-10-21(17)15-24-26-23(30)20-13-11-18(12-14-20)16-29-27-22(25-28-29)19-8-3-2-4-9-19/h2-15H,16H2,1H3,(H,26,30)/b24-15-. The molecule has 0 unspecified atom stereocenters. The van der Waals surface area contributed by atoms with Crippen molar-refractivity contribution in [2.45, 2.75) is 13.5 Å². The highest BCUT2D eigenvalue weighted by Crippen LogP contribution is 2.12. The van der Waals surface area contributed by atoms with Crippen molar-refractivity contribution in [3.05, 3.63) is 101 Å². The van der Waals surface area contributed by atoms with E-state index in [-0.39, 0.29) is 5.91 Å². The second kappa shape index (κ2) is 8.91. The number of aryl methyl sites for hydroxylation is 1. The zero-order valence-corrected chi connectivity index (χ0v) is 16.4. The molecule has 0 aliphatic heterocycles. The van der Waals surface area contributed by atoms with Gasteiger partial charge in [0.05, 0.1) is 12.8 Å². The van der Waals surface area contributed by atoms with E-state index >= 15 is 0 Å². The summed E-state index contributed by atoms with van der Waals surface area (Å²) in [6.07, 6.45) is 1.64. The van der Waals surface area contributed by atoms with Crippen molar-refractivity contribution in [2.24, 2.45) is 5.10 Å². The van der Waals surface area contributed by atoms with Gasteiger partial charge >= 0.3 is 0 Å². The highest BCUT2D eigenvalue weighted by Gasteiger charge is 2.07. The summed E-state index contributed by atoms with van der Waals surface area (Å²) in [5.41, 5.74) is 7.02. The van der Waals surface area contributed by atoms with Crippen molar-refractivity contribution < 1.29 is 4.79 Å². The molecule has 148 valence electrons. The lowest BCUT2D eigenvalue weighted by Gasteiger charge is -2.03. The van der Waals surface area contributed by atoms with Crippen LogP contribution < -0.4 is 5.43 Å². The summed E-state index contributed by atoms with van der Waals surface area (Å²) in [6.45, 7) is 2.46. The number of rotatable bonds is 6.